The number of nitrogens with zero attached hydrogens (tertiary/aromatic N) is 3. The van der Waals surface area contributed by atoms with Crippen LogP contribution in [-0.4, -0.2) is 39.4 Å². The molecular formula is C21H18FN3O3S. The number of aromatic nitrogens is 3. The van der Waals surface area contributed by atoms with Crippen molar-refractivity contribution in [3.8, 4) is 22.2 Å². The number of rotatable bonds is 4. The first-order valence-corrected chi connectivity index (χ1v) is 10.1. The number of hydrogen-bond acceptors (Lipinski definition) is 7. The number of ether oxygens (including phenoxy) is 2. The highest BCUT2D eigenvalue weighted by Crippen LogP contribution is 2.38. The van der Waals surface area contributed by atoms with Gasteiger partial charge in [0.15, 0.2) is 11.6 Å². The summed E-state index contributed by atoms with van der Waals surface area (Å²) in [7, 11) is 1.55. The van der Waals surface area contributed by atoms with Crippen LogP contribution in [0.25, 0.3) is 31.8 Å². The van der Waals surface area contributed by atoms with Gasteiger partial charge in [-0.05, 0) is 37.5 Å². The van der Waals surface area contributed by atoms with Crippen LogP contribution in [0.1, 0.15) is 18.4 Å². The molecule has 0 aliphatic heterocycles. The molecule has 8 heteroatoms. The maximum absolute atomic E-state index is 14.5. The number of thiazole rings is 1. The number of aliphatic hydroxyl groups excluding tert-OH is 1. The lowest BCUT2D eigenvalue weighted by Gasteiger charge is -2.32. The molecule has 148 valence electrons. The molecule has 0 amide bonds. The van der Waals surface area contributed by atoms with Crippen LogP contribution in [0.15, 0.2) is 30.5 Å². The summed E-state index contributed by atoms with van der Waals surface area (Å²) in [6.07, 6.45) is 2.11. The molecular weight excluding hydrogens is 393 g/mol. The van der Waals surface area contributed by atoms with Crippen molar-refractivity contribution in [1.82, 2.24) is 15.0 Å². The smallest absolute Gasteiger partial charge is 0.232 e. The van der Waals surface area contributed by atoms with Gasteiger partial charge in [-0.15, -0.1) is 11.3 Å². The molecule has 0 saturated heterocycles. The first-order valence-electron chi connectivity index (χ1n) is 9.28. The van der Waals surface area contributed by atoms with Crippen molar-refractivity contribution in [3.05, 3.63) is 41.8 Å². The molecule has 6 nitrogen and oxygen atoms in total. The van der Waals surface area contributed by atoms with Gasteiger partial charge < -0.3 is 14.6 Å². The lowest BCUT2D eigenvalue weighted by molar-refractivity contribution is -0.0376. The predicted molar refractivity (Wildman–Crippen MR) is 109 cm³/mol. The standard InChI is InChI=1S/C21H18FN3O3S/c1-10-5-11(20-14(6-10)24-19(27-2)9-23-20)21-25-13-7-12(22)17(8-18(13)29-21)28-16-4-3-15(16)26/h5-9,15-16,26H,3-4H2,1-2H3. The minimum atomic E-state index is -0.531. The molecule has 0 bridgehead atoms. The third-order valence-corrected chi connectivity index (χ3v) is 6.16. The van der Waals surface area contributed by atoms with Gasteiger partial charge in [0, 0.05) is 17.7 Å². The third-order valence-electron chi connectivity index (χ3n) is 5.10. The van der Waals surface area contributed by atoms with Gasteiger partial charge in [-0.1, -0.05) is 0 Å². The average molecular weight is 411 g/mol. The Kier molecular flexibility index (Phi) is 4.33. The molecule has 0 radical (unpaired) electrons. The van der Waals surface area contributed by atoms with Gasteiger partial charge in [0.2, 0.25) is 5.88 Å². The van der Waals surface area contributed by atoms with Gasteiger partial charge >= 0.3 is 0 Å². The number of methoxy groups -OCH3 is 1. The highest BCUT2D eigenvalue weighted by Gasteiger charge is 2.31. The summed E-state index contributed by atoms with van der Waals surface area (Å²) in [5, 5.41) is 10.4. The van der Waals surface area contributed by atoms with Crippen LogP contribution in [0.3, 0.4) is 0 Å². The van der Waals surface area contributed by atoms with E-state index in [-0.39, 0.29) is 11.9 Å². The number of halogens is 1. The zero-order valence-electron chi connectivity index (χ0n) is 15.8. The summed E-state index contributed by atoms with van der Waals surface area (Å²) in [5.74, 6) is 0.113. The first kappa shape index (κ1) is 18.2. The minimum Gasteiger partial charge on any atom is -0.485 e. The van der Waals surface area contributed by atoms with E-state index in [1.807, 2.05) is 19.1 Å². The minimum absolute atomic E-state index is 0.148. The maximum atomic E-state index is 14.5. The van der Waals surface area contributed by atoms with Gasteiger partial charge in [-0.3, -0.25) is 0 Å². The van der Waals surface area contributed by atoms with Crippen LogP contribution in [0, 0.1) is 12.7 Å². The number of aliphatic hydroxyl groups is 1. The zero-order valence-corrected chi connectivity index (χ0v) is 16.7. The third kappa shape index (κ3) is 3.18. The van der Waals surface area contributed by atoms with Crippen LogP contribution in [0.2, 0.25) is 0 Å². The number of aryl methyl sites for hydroxylation is 1. The normalized spacial score (nSPS) is 18.8. The Morgan fingerprint density at radius 2 is 2.00 bits per heavy atom. The Morgan fingerprint density at radius 1 is 1.14 bits per heavy atom. The highest BCUT2D eigenvalue weighted by atomic mass is 32.1. The quantitative estimate of drug-likeness (QED) is 0.541. The highest BCUT2D eigenvalue weighted by molar-refractivity contribution is 7.21. The zero-order chi connectivity index (χ0) is 20.1. The van der Waals surface area contributed by atoms with Crippen LogP contribution in [-0.2, 0) is 0 Å². The first-order chi connectivity index (χ1) is 14.0. The van der Waals surface area contributed by atoms with Gasteiger partial charge in [-0.2, -0.15) is 0 Å². The van der Waals surface area contributed by atoms with Crippen molar-refractivity contribution in [3.63, 3.8) is 0 Å². The van der Waals surface area contributed by atoms with Crippen LogP contribution in [0.5, 0.6) is 11.6 Å². The lowest BCUT2D eigenvalue weighted by atomic mass is 9.92. The fraction of sp³-hybridized carbons (Fsp3) is 0.286. The number of fused-ring (bicyclic) bond motifs is 2. The van der Waals surface area contributed by atoms with Crippen molar-refractivity contribution < 1.29 is 19.0 Å². The second-order valence-electron chi connectivity index (χ2n) is 7.16. The molecule has 2 heterocycles. The summed E-state index contributed by atoms with van der Waals surface area (Å²) >= 11 is 1.44. The van der Waals surface area contributed by atoms with E-state index in [1.54, 1.807) is 19.4 Å². The Hall–Kier alpha value is -2.84. The molecule has 29 heavy (non-hydrogen) atoms. The van der Waals surface area contributed by atoms with Gasteiger partial charge in [0.1, 0.15) is 11.1 Å². The monoisotopic (exact) mass is 411 g/mol. The van der Waals surface area contributed by atoms with E-state index in [0.29, 0.717) is 28.9 Å². The van der Waals surface area contributed by atoms with Crippen molar-refractivity contribution >= 4 is 32.6 Å². The van der Waals surface area contributed by atoms with E-state index >= 15 is 0 Å². The van der Waals surface area contributed by atoms with Crippen molar-refractivity contribution in [1.29, 1.82) is 0 Å². The average Bonchev–Trinajstić information content (AvgIpc) is 3.12. The summed E-state index contributed by atoms with van der Waals surface area (Å²) in [6.45, 7) is 1.98. The molecule has 4 aromatic rings. The van der Waals surface area contributed by atoms with E-state index in [2.05, 4.69) is 15.0 Å². The van der Waals surface area contributed by atoms with Gasteiger partial charge in [0.25, 0.3) is 0 Å². The van der Waals surface area contributed by atoms with Gasteiger partial charge in [0.05, 0.1) is 40.7 Å². The topological polar surface area (TPSA) is 77.4 Å². The number of benzene rings is 2. The van der Waals surface area contributed by atoms with Crippen LogP contribution in [0.4, 0.5) is 4.39 Å². The Bertz CT molecular complexity index is 1240. The molecule has 2 aromatic heterocycles. The summed E-state index contributed by atoms with van der Waals surface area (Å²) in [6, 6.07) is 6.98. The van der Waals surface area contributed by atoms with E-state index in [9.17, 15) is 9.50 Å². The lowest BCUT2D eigenvalue weighted by Crippen LogP contribution is -2.41. The second kappa shape index (κ2) is 6.89. The van der Waals surface area contributed by atoms with Gasteiger partial charge in [-0.25, -0.2) is 19.3 Å². The van der Waals surface area contributed by atoms with E-state index < -0.39 is 11.9 Å². The van der Waals surface area contributed by atoms with Crippen LogP contribution < -0.4 is 9.47 Å². The molecule has 2 atom stereocenters. The summed E-state index contributed by atoms with van der Waals surface area (Å²) in [4.78, 5) is 13.6. The Balaban J connectivity index is 1.60. The van der Waals surface area contributed by atoms with E-state index in [0.717, 1.165) is 27.3 Å². The molecule has 1 N–H and O–H groups in total. The largest absolute Gasteiger partial charge is 0.485 e. The molecule has 2 aromatic carbocycles. The molecule has 2 unspecified atom stereocenters. The van der Waals surface area contributed by atoms with Crippen molar-refractivity contribution in [2.24, 2.45) is 0 Å². The SMILES string of the molecule is COc1cnc2c(-c3nc4cc(F)c(OC5CCC5O)cc4s3)cc(C)cc2n1. The molecule has 1 fully saturated rings. The second-order valence-corrected chi connectivity index (χ2v) is 8.19. The Morgan fingerprint density at radius 3 is 2.72 bits per heavy atom. The Labute approximate surface area is 170 Å². The summed E-state index contributed by atoms with van der Waals surface area (Å²) < 4.78 is 26.1. The van der Waals surface area contributed by atoms with E-state index in [1.165, 1.54) is 17.4 Å². The van der Waals surface area contributed by atoms with Crippen molar-refractivity contribution in [2.75, 3.05) is 7.11 Å². The molecule has 0 spiro atoms. The fourth-order valence-electron chi connectivity index (χ4n) is 3.40. The number of hydrogen-bond donors (Lipinski definition) is 1. The fourth-order valence-corrected chi connectivity index (χ4v) is 4.39. The summed E-state index contributed by atoms with van der Waals surface area (Å²) in [5.41, 5.74) is 3.84. The molecule has 1 saturated carbocycles. The van der Waals surface area contributed by atoms with Crippen molar-refractivity contribution in [2.45, 2.75) is 32.0 Å². The van der Waals surface area contributed by atoms with E-state index in [4.69, 9.17) is 9.47 Å². The molecule has 1 aliphatic carbocycles. The molecule has 1 aliphatic rings. The molecule has 5 rings (SSSR count). The van der Waals surface area contributed by atoms with Crippen LogP contribution >= 0.6 is 11.3 Å². The predicted octanol–water partition coefficient (Wildman–Crippen LogP) is 4.26. The maximum Gasteiger partial charge on any atom is 0.232 e.